The number of carbonyl (C=O) groups is 1. The number of rotatable bonds is 8. The first-order valence-corrected chi connectivity index (χ1v) is 12.8. The van der Waals surface area contributed by atoms with Crippen molar-refractivity contribution in [2.45, 2.75) is 32.4 Å². The van der Waals surface area contributed by atoms with Crippen molar-refractivity contribution in [3.05, 3.63) is 57.9 Å². The Bertz CT molecular complexity index is 1180. The molecule has 8 heteroatoms. The second-order valence-electron chi connectivity index (χ2n) is 8.40. The van der Waals surface area contributed by atoms with Gasteiger partial charge >= 0.3 is 183 Å². The van der Waals surface area contributed by atoms with E-state index in [4.69, 9.17) is 14.2 Å². The molecule has 0 radical (unpaired) electrons. The summed E-state index contributed by atoms with van der Waals surface area (Å²) in [6.45, 7) is 3.69. The normalized spacial score (nSPS) is 15.0. The molecular formula is C25H30N2O5Se. The maximum atomic E-state index is 12.9. The fourth-order valence-corrected chi connectivity index (χ4v) is 6.59. The minimum atomic E-state index is -0.298. The summed E-state index contributed by atoms with van der Waals surface area (Å²) in [5, 5.41) is 0.747. The van der Waals surface area contributed by atoms with Gasteiger partial charge in [0.15, 0.2) is 0 Å². The van der Waals surface area contributed by atoms with Gasteiger partial charge in [0.05, 0.1) is 7.11 Å². The summed E-state index contributed by atoms with van der Waals surface area (Å²) < 4.78 is 18.6. The van der Waals surface area contributed by atoms with Gasteiger partial charge in [-0.1, -0.05) is 0 Å². The topological polar surface area (TPSA) is 70.0 Å². The molecule has 3 aromatic rings. The van der Waals surface area contributed by atoms with Crippen LogP contribution in [0, 0.1) is 5.92 Å². The molecule has 1 aliphatic heterocycles. The Balaban J connectivity index is 1.33. The molecule has 0 spiro atoms. The molecule has 0 bridgehead atoms. The van der Waals surface area contributed by atoms with Crippen molar-refractivity contribution in [2.75, 3.05) is 34.4 Å². The Labute approximate surface area is 199 Å². The van der Waals surface area contributed by atoms with E-state index in [1.807, 2.05) is 27.8 Å². The molecule has 0 unspecified atom stereocenters. The molecule has 0 N–H and O–H groups in total. The number of likely N-dealkylation sites (tertiary alicyclic amines) is 1. The average Bonchev–Trinajstić information content (AvgIpc) is 3.16. The third-order valence-electron chi connectivity index (χ3n) is 6.35. The van der Waals surface area contributed by atoms with Crippen LogP contribution in [0.25, 0.3) is 9.65 Å². The summed E-state index contributed by atoms with van der Waals surface area (Å²) in [7, 11) is 4.62. The summed E-state index contributed by atoms with van der Waals surface area (Å²) >= 11 is -0.0165. The number of carbonyl (C=O) groups excluding carboxylic acids is 1. The van der Waals surface area contributed by atoms with Gasteiger partial charge in [0.2, 0.25) is 0 Å². The second-order valence-corrected chi connectivity index (χ2v) is 10.6. The third-order valence-corrected chi connectivity index (χ3v) is 8.67. The van der Waals surface area contributed by atoms with Crippen molar-refractivity contribution in [2.24, 2.45) is 5.92 Å². The second kappa shape index (κ2) is 10.6. The molecule has 1 fully saturated rings. The van der Waals surface area contributed by atoms with Crippen LogP contribution in [0.5, 0.6) is 11.5 Å². The number of methoxy groups -OCH3 is 3. The summed E-state index contributed by atoms with van der Waals surface area (Å²) in [4.78, 5) is 27.1. The van der Waals surface area contributed by atoms with E-state index in [0.29, 0.717) is 23.0 Å². The van der Waals surface area contributed by atoms with Crippen molar-refractivity contribution < 1.29 is 19.0 Å². The van der Waals surface area contributed by atoms with E-state index in [2.05, 4.69) is 11.0 Å². The van der Waals surface area contributed by atoms with Crippen molar-refractivity contribution in [3.8, 4) is 11.5 Å². The summed E-state index contributed by atoms with van der Waals surface area (Å²) in [5.74, 6) is 1.61. The van der Waals surface area contributed by atoms with Crippen LogP contribution >= 0.6 is 0 Å². The Morgan fingerprint density at radius 1 is 1.06 bits per heavy atom. The van der Waals surface area contributed by atoms with Crippen LogP contribution in [-0.2, 0) is 17.8 Å². The van der Waals surface area contributed by atoms with Crippen LogP contribution in [0.4, 0.5) is 0 Å². The van der Waals surface area contributed by atoms with Crippen molar-refractivity contribution in [1.82, 2.24) is 8.46 Å². The summed E-state index contributed by atoms with van der Waals surface area (Å²) in [6, 6.07) is 11.4. The number of piperidine rings is 1. The minimum absolute atomic E-state index is 0.0165. The number of aromatic nitrogens is 1. The molecule has 2 heterocycles. The number of ether oxygens (including phenoxy) is 3. The van der Waals surface area contributed by atoms with Gasteiger partial charge in [-0.2, -0.15) is 0 Å². The molecule has 0 amide bonds. The van der Waals surface area contributed by atoms with E-state index < -0.39 is 0 Å². The van der Waals surface area contributed by atoms with Crippen LogP contribution in [0.3, 0.4) is 0 Å². The summed E-state index contributed by atoms with van der Waals surface area (Å²) in [5.41, 5.74) is 1.83. The van der Waals surface area contributed by atoms with Gasteiger partial charge in [0, 0.05) is 0 Å². The maximum absolute atomic E-state index is 12.9. The van der Waals surface area contributed by atoms with Crippen LogP contribution in [0.15, 0.2) is 41.2 Å². The van der Waals surface area contributed by atoms with Crippen molar-refractivity contribution in [1.29, 1.82) is 0 Å². The summed E-state index contributed by atoms with van der Waals surface area (Å²) in [6.07, 6.45) is 3.28. The van der Waals surface area contributed by atoms with Gasteiger partial charge in [0.1, 0.15) is 0 Å². The zero-order valence-corrected chi connectivity index (χ0v) is 21.0. The molecule has 0 atom stereocenters. The van der Waals surface area contributed by atoms with Crippen LogP contribution in [-0.4, -0.2) is 63.6 Å². The predicted molar refractivity (Wildman–Crippen MR) is 129 cm³/mol. The van der Waals surface area contributed by atoms with Gasteiger partial charge in [-0.25, -0.2) is 4.79 Å². The van der Waals surface area contributed by atoms with E-state index in [1.54, 1.807) is 20.3 Å². The van der Waals surface area contributed by atoms with E-state index >= 15 is 0 Å². The average molecular weight is 517 g/mol. The molecule has 2 aromatic carbocycles. The first-order valence-electron chi connectivity index (χ1n) is 11.2. The number of nitrogens with zero attached hydrogens (tertiary/aromatic N) is 2. The zero-order chi connectivity index (χ0) is 23.4. The number of hydrogen-bond donors (Lipinski definition) is 0. The molecular weight excluding hydrogens is 487 g/mol. The molecule has 33 heavy (non-hydrogen) atoms. The van der Waals surface area contributed by atoms with Crippen molar-refractivity contribution in [3.63, 3.8) is 0 Å². The zero-order valence-electron chi connectivity index (χ0n) is 19.3. The van der Waals surface area contributed by atoms with Crippen molar-refractivity contribution >= 4 is 30.3 Å². The number of fused-ring (bicyclic) bond motifs is 1. The quantitative estimate of drug-likeness (QED) is 0.338. The number of benzene rings is 2. The molecule has 7 nitrogen and oxygen atoms in total. The van der Waals surface area contributed by atoms with E-state index in [1.165, 1.54) is 7.11 Å². The Morgan fingerprint density at radius 3 is 2.48 bits per heavy atom. The van der Waals surface area contributed by atoms with E-state index in [9.17, 15) is 9.59 Å². The van der Waals surface area contributed by atoms with Crippen LogP contribution in [0.1, 0.15) is 35.2 Å². The molecule has 1 aromatic heterocycles. The molecule has 1 aliphatic rings. The molecule has 1 saturated heterocycles. The van der Waals surface area contributed by atoms with Gasteiger partial charge in [0.25, 0.3) is 0 Å². The Hall–Kier alpha value is -2.54. The molecule has 0 aliphatic carbocycles. The van der Waals surface area contributed by atoms with Gasteiger partial charge < -0.3 is 4.74 Å². The number of aryl methyl sites for hydroxylation is 1. The van der Waals surface area contributed by atoms with Crippen LogP contribution < -0.4 is 15.0 Å². The first kappa shape index (κ1) is 23.6. The van der Waals surface area contributed by atoms with Gasteiger partial charge in [-0.05, 0) is 0 Å². The molecule has 4 rings (SSSR count). The number of esters is 1. The molecule has 176 valence electrons. The van der Waals surface area contributed by atoms with E-state index in [-0.39, 0.29) is 26.3 Å². The predicted octanol–water partition coefficient (Wildman–Crippen LogP) is 3.16. The molecule has 0 saturated carbocycles. The van der Waals surface area contributed by atoms with Gasteiger partial charge in [-0.3, -0.25) is 0 Å². The third kappa shape index (κ3) is 5.35. The fourth-order valence-electron chi connectivity index (χ4n) is 4.45. The van der Waals surface area contributed by atoms with Crippen LogP contribution in [0.2, 0.25) is 0 Å². The Morgan fingerprint density at radius 2 is 1.79 bits per heavy atom. The Kier molecular flexibility index (Phi) is 7.58. The SMILES string of the molecule is COC(=O)c1cccc(CN2CCC(CCn3[se]c4cc(OC)c(OC)cc4c3=O)CC2)c1. The standard InChI is InChI=1S/C25H30N2O5Se/c1-30-21-14-20-23(15-22(21)31-2)33-27(24(20)28)12-9-17-7-10-26(11-8-17)16-18-5-4-6-19(13-18)25(29)32-3/h4-6,13-15,17H,7-12,16H2,1-3H3. The fraction of sp³-hybridized carbons (Fsp3) is 0.440. The van der Waals surface area contributed by atoms with E-state index in [0.717, 1.165) is 60.7 Å². The monoisotopic (exact) mass is 518 g/mol. The number of hydrogen-bond acceptors (Lipinski definition) is 6. The first-order chi connectivity index (χ1) is 16.0. The van der Waals surface area contributed by atoms with Gasteiger partial charge in [-0.15, -0.1) is 0 Å².